The third-order valence-electron chi connectivity index (χ3n) is 2.80. The van der Waals surface area contributed by atoms with Crippen molar-refractivity contribution in [1.29, 1.82) is 0 Å². The van der Waals surface area contributed by atoms with E-state index < -0.39 is 27.3 Å². The Morgan fingerprint density at radius 3 is 2.84 bits per heavy atom. The molecule has 0 spiro atoms. The van der Waals surface area contributed by atoms with Gasteiger partial charge in [0.25, 0.3) is 0 Å². The number of carboxylic acids is 1. The fourth-order valence-electron chi connectivity index (χ4n) is 1.87. The van der Waals surface area contributed by atoms with E-state index in [-0.39, 0.29) is 25.3 Å². The highest BCUT2D eigenvalue weighted by atomic mass is 32.2. The van der Waals surface area contributed by atoms with Crippen LogP contribution in [0.5, 0.6) is 0 Å². The zero-order valence-corrected chi connectivity index (χ0v) is 11.1. The maximum Gasteiger partial charge on any atom is 0.327 e. The number of ether oxygens (including phenoxy) is 1. The van der Waals surface area contributed by atoms with E-state index in [0.717, 1.165) is 0 Å². The third-order valence-corrected chi connectivity index (χ3v) is 4.17. The largest absolute Gasteiger partial charge is 0.480 e. The van der Waals surface area contributed by atoms with Gasteiger partial charge in [-0.3, -0.25) is 4.79 Å². The number of hydrogen-bond donors (Lipinski definition) is 2. The fraction of sp³-hybridized carbons (Fsp3) is 0.600. The summed E-state index contributed by atoms with van der Waals surface area (Å²) in [7, 11) is -3.84. The number of nitrogens with one attached hydrogen (secondary N) is 1. The van der Waals surface area contributed by atoms with E-state index >= 15 is 0 Å². The van der Waals surface area contributed by atoms with Gasteiger partial charge in [-0.15, -0.1) is 0 Å². The number of sulfonamides is 1. The van der Waals surface area contributed by atoms with Crippen LogP contribution >= 0.6 is 0 Å². The summed E-state index contributed by atoms with van der Waals surface area (Å²) in [5, 5.41) is 12.7. The number of aryl methyl sites for hydroxylation is 1. The van der Waals surface area contributed by atoms with Crippen LogP contribution in [0.4, 0.5) is 0 Å². The maximum atomic E-state index is 12.0. The van der Waals surface area contributed by atoms with Crippen LogP contribution in [-0.2, 0) is 25.3 Å². The van der Waals surface area contributed by atoms with E-state index in [9.17, 15) is 13.2 Å². The van der Waals surface area contributed by atoms with E-state index in [2.05, 4.69) is 9.88 Å². The summed E-state index contributed by atoms with van der Waals surface area (Å²) >= 11 is 0. The standard InChI is InChI=1S/C10H14N2O6S/c1-7-4-8(11-18-7)5-19(15,16)12-10(9(13)14)2-3-17-6-10/h4,12H,2-3,5-6H2,1H3,(H,13,14). The molecule has 1 aliphatic rings. The van der Waals surface area contributed by atoms with Crippen molar-refractivity contribution >= 4 is 16.0 Å². The van der Waals surface area contributed by atoms with Crippen LogP contribution < -0.4 is 4.72 Å². The summed E-state index contributed by atoms with van der Waals surface area (Å²) in [5.74, 6) is -1.19. The van der Waals surface area contributed by atoms with Crippen LogP contribution in [0.25, 0.3) is 0 Å². The molecule has 1 aromatic heterocycles. The first-order chi connectivity index (χ1) is 8.83. The number of aromatic nitrogens is 1. The van der Waals surface area contributed by atoms with Crippen LogP contribution in [-0.4, -0.2) is 43.4 Å². The summed E-state index contributed by atoms with van der Waals surface area (Å²) < 4.78 is 35.9. The van der Waals surface area contributed by atoms with Gasteiger partial charge in [0.05, 0.1) is 6.61 Å². The van der Waals surface area contributed by atoms with E-state index in [0.29, 0.717) is 5.76 Å². The molecule has 2 N–H and O–H groups in total. The van der Waals surface area contributed by atoms with Gasteiger partial charge in [-0.25, -0.2) is 8.42 Å². The lowest BCUT2D eigenvalue weighted by Crippen LogP contribution is -2.55. The van der Waals surface area contributed by atoms with Crippen molar-refractivity contribution < 1.29 is 27.6 Å². The summed E-state index contributed by atoms with van der Waals surface area (Å²) in [4.78, 5) is 11.2. The van der Waals surface area contributed by atoms with Gasteiger partial charge >= 0.3 is 5.97 Å². The van der Waals surface area contributed by atoms with Crippen molar-refractivity contribution in [1.82, 2.24) is 9.88 Å². The normalized spacial score (nSPS) is 23.6. The number of rotatable bonds is 5. The van der Waals surface area contributed by atoms with Gasteiger partial charge in [0, 0.05) is 19.1 Å². The fourth-order valence-corrected chi connectivity index (χ4v) is 3.31. The van der Waals surface area contributed by atoms with E-state index in [1.54, 1.807) is 6.92 Å². The van der Waals surface area contributed by atoms with Crippen molar-refractivity contribution in [3.05, 3.63) is 17.5 Å². The van der Waals surface area contributed by atoms with E-state index in [4.69, 9.17) is 14.4 Å². The van der Waals surface area contributed by atoms with Gasteiger partial charge in [-0.2, -0.15) is 4.72 Å². The Morgan fingerprint density at radius 1 is 1.63 bits per heavy atom. The Bertz CT molecular complexity index is 573. The molecule has 0 aliphatic carbocycles. The van der Waals surface area contributed by atoms with Gasteiger partial charge in [0.2, 0.25) is 10.0 Å². The zero-order valence-electron chi connectivity index (χ0n) is 10.2. The van der Waals surface area contributed by atoms with Crippen molar-refractivity contribution in [2.75, 3.05) is 13.2 Å². The lowest BCUT2D eigenvalue weighted by Gasteiger charge is -2.23. The number of carboxylic acid groups (broad SMARTS) is 1. The average Bonchev–Trinajstić information content (AvgIpc) is 2.88. The van der Waals surface area contributed by atoms with Crippen molar-refractivity contribution in [3.8, 4) is 0 Å². The molecule has 1 saturated heterocycles. The second-order valence-corrected chi connectivity index (χ2v) is 6.20. The Labute approximate surface area is 109 Å². The van der Waals surface area contributed by atoms with Crippen LogP contribution in [0, 0.1) is 6.92 Å². The number of carbonyl (C=O) groups is 1. The highest BCUT2D eigenvalue weighted by Gasteiger charge is 2.45. The first kappa shape index (κ1) is 14.0. The van der Waals surface area contributed by atoms with Crippen molar-refractivity contribution in [2.24, 2.45) is 0 Å². The predicted octanol–water partition coefficient (Wildman–Crippen LogP) is -0.354. The summed E-state index contributed by atoms with van der Waals surface area (Å²) in [5.41, 5.74) is -1.36. The molecule has 9 heteroatoms. The lowest BCUT2D eigenvalue weighted by molar-refractivity contribution is -0.144. The molecular weight excluding hydrogens is 276 g/mol. The summed E-state index contributed by atoms with van der Waals surface area (Å²) in [6.07, 6.45) is 0.0966. The molecule has 0 bridgehead atoms. The Balaban J connectivity index is 2.14. The lowest BCUT2D eigenvalue weighted by atomic mass is 10.0. The predicted molar refractivity (Wildman–Crippen MR) is 62.8 cm³/mol. The second-order valence-electron chi connectivity index (χ2n) is 4.48. The minimum atomic E-state index is -3.84. The maximum absolute atomic E-state index is 12.0. The molecule has 1 fully saturated rings. The van der Waals surface area contributed by atoms with E-state index in [1.165, 1.54) is 6.07 Å². The molecule has 0 radical (unpaired) electrons. The third kappa shape index (κ3) is 3.11. The minimum absolute atomic E-state index is 0.0966. The van der Waals surface area contributed by atoms with Crippen LogP contribution in [0.15, 0.2) is 10.6 Å². The second kappa shape index (κ2) is 4.91. The zero-order chi connectivity index (χ0) is 14.1. The molecule has 19 heavy (non-hydrogen) atoms. The first-order valence-electron chi connectivity index (χ1n) is 5.58. The number of aliphatic carboxylic acids is 1. The molecule has 8 nitrogen and oxygen atoms in total. The first-order valence-corrected chi connectivity index (χ1v) is 7.23. The number of hydrogen-bond acceptors (Lipinski definition) is 6. The highest BCUT2D eigenvalue weighted by molar-refractivity contribution is 7.88. The van der Waals surface area contributed by atoms with Gasteiger partial charge in [0.15, 0.2) is 5.54 Å². The quantitative estimate of drug-likeness (QED) is 0.760. The SMILES string of the molecule is Cc1cc(CS(=O)(=O)NC2(C(=O)O)CCOC2)no1. The summed E-state index contributed by atoms with van der Waals surface area (Å²) in [6.45, 7) is 1.66. The van der Waals surface area contributed by atoms with Crippen molar-refractivity contribution in [3.63, 3.8) is 0 Å². The topological polar surface area (TPSA) is 119 Å². The molecule has 1 aromatic rings. The molecule has 0 amide bonds. The monoisotopic (exact) mass is 290 g/mol. The molecule has 106 valence electrons. The molecule has 0 aromatic carbocycles. The molecule has 2 heterocycles. The minimum Gasteiger partial charge on any atom is -0.480 e. The average molecular weight is 290 g/mol. The van der Waals surface area contributed by atoms with Gasteiger partial charge in [-0.1, -0.05) is 5.16 Å². The molecule has 1 aliphatic heterocycles. The molecule has 1 unspecified atom stereocenters. The van der Waals surface area contributed by atoms with Crippen LogP contribution in [0.2, 0.25) is 0 Å². The smallest absolute Gasteiger partial charge is 0.327 e. The van der Waals surface area contributed by atoms with Gasteiger partial charge < -0.3 is 14.4 Å². The molecule has 1 atom stereocenters. The Hall–Kier alpha value is -1.45. The Morgan fingerprint density at radius 2 is 2.37 bits per heavy atom. The molecule has 2 rings (SSSR count). The van der Waals surface area contributed by atoms with Crippen LogP contribution in [0.1, 0.15) is 17.9 Å². The Kier molecular flexibility index (Phi) is 3.61. The van der Waals surface area contributed by atoms with Gasteiger partial charge in [0.1, 0.15) is 17.2 Å². The molecular formula is C10H14N2O6S. The van der Waals surface area contributed by atoms with Crippen molar-refractivity contribution in [2.45, 2.75) is 24.6 Å². The summed E-state index contributed by atoms with van der Waals surface area (Å²) in [6, 6.07) is 1.48. The van der Waals surface area contributed by atoms with Gasteiger partial charge in [-0.05, 0) is 6.92 Å². The highest BCUT2D eigenvalue weighted by Crippen LogP contribution is 2.21. The molecule has 0 saturated carbocycles. The van der Waals surface area contributed by atoms with E-state index in [1.807, 2.05) is 0 Å². The van der Waals surface area contributed by atoms with Crippen LogP contribution in [0.3, 0.4) is 0 Å². The number of nitrogens with zero attached hydrogens (tertiary/aromatic N) is 1.